The number of aliphatic carboxylic acids is 1. The minimum atomic E-state index is -0.792. The Balaban J connectivity index is 2.06. The Morgan fingerprint density at radius 1 is 1.24 bits per heavy atom. The molecular weight excluding hydrogens is 216 g/mol. The second-order valence-corrected chi connectivity index (χ2v) is 5.28. The van der Waals surface area contributed by atoms with Gasteiger partial charge in [-0.1, -0.05) is 25.3 Å². The van der Waals surface area contributed by atoms with Crippen molar-refractivity contribution in [3.63, 3.8) is 0 Å². The Hall–Kier alpha value is -1.12. The van der Waals surface area contributed by atoms with Crippen molar-refractivity contribution in [2.45, 2.75) is 51.4 Å². The lowest BCUT2D eigenvalue weighted by Gasteiger charge is -2.19. The summed E-state index contributed by atoms with van der Waals surface area (Å²) >= 11 is 0. The fraction of sp³-hybridized carbons (Fsp3) is 0.714. The zero-order valence-corrected chi connectivity index (χ0v) is 10.2. The van der Waals surface area contributed by atoms with Gasteiger partial charge in [-0.2, -0.15) is 0 Å². The Morgan fingerprint density at radius 3 is 2.59 bits per heavy atom. The van der Waals surface area contributed by atoms with Crippen LogP contribution in [0.5, 0.6) is 0 Å². The first-order valence-electron chi connectivity index (χ1n) is 6.63. The third-order valence-electron chi connectivity index (χ3n) is 3.97. The average molecular weight is 236 g/mol. The normalized spacial score (nSPS) is 28.8. The summed E-state index contributed by atoms with van der Waals surface area (Å²) in [5, 5.41) is 8.85. The molecule has 3 nitrogen and oxygen atoms in total. The van der Waals surface area contributed by atoms with Crippen LogP contribution in [0.1, 0.15) is 51.4 Å². The number of carboxylic acid groups (broad SMARTS) is 1. The topological polar surface area (TPSA) is 54.4 Å². The second-order valence-electron chi connectivity index (χ2n) is 5.28. The molecule has 0 radical (unpaired) electrons. The van der Waals surface area contributed by atoms with Crippen LogP contribution in [0.3, 0.4) is 0 Å². The number of hydrogen-bond acceptors (Lipinski definition) is 2. The molecule has 1 atom stereocenters. The minimum absolute atomic E-state index is 0.0260. The van der Waals surface area contributed by atoms with E-state index in [1.807, 2.05) is 0 Å². The quantitative estimate of drug-likeness (QED) is 0.766. The number of rotatable bonds is 3. The number of ketones is 1. The van der Waals surface area contributed by atoms with Gasteiger partial charge < -0.3 is 5.11 Å². The van der Waals surface area contributed by atoms with Gasteiger partial charge in [-0.05, 0) is 36.7 Å². The molecule has 0 spiro atoms. The number of carboxylic acids is 1. The van der Waals surface area contributed by atoms with Crippen molar-refractivity contribution in [2.24, 2.45) is 11.8 Å². The molecule has 0 aromatic carbocycles. The third kappa shape index (κ3) is 3.18. The summed E-state index contributed by atoms with van der Waals surface area (Å²) in [4.78, 5) is 22.5. The van der Waals surface area contributed by atoms with Gasteiger partial charge in [-0.3, -0.25) is 9.59 Å². The van der Waals surface area contributed by atoms with Crippen LogP contribution in [0.2, 0.25) is 0 Å². The molecule has 2 rings (SSSR count). The highest BCUT2D eigenvalue weighted by atomic mass is 16.4. The van der Waals surface area contributed by atoms with Crippen LogP contribution >= 0.6 is 0 Å². The summed E-state index contributed by atoms with van der Waals surface area (Å²) in [6.07, 6.45) is 9.59. The lowest BCUT2D eigenvalue weighted by atomic mass is 9.85. The van der Waals surface area contributed by atoms with Crippen LogP contribution in [-0.4, -0.2) is 16.9 Å². The van der Waals surface area contributed by atoms with E-state index in [0.717, 1.165) is 24.8 Å². The van der Waals surface area contributed by atoms with Crippen molar-refractivity contribution in [1.29, 1.82) is 0 Å². The van der Waals surface area contributed by atoms with Gasteiger partial charge in [0.1, 0.15) is 0 Å². The minimum Gasteiger partial charge on any atom is -0.481 e. The van der Waals surface area contributed by atoms with E-state index in [0.29, 0.717) is 12.3 Å². The molecule has 3 heteroatoms. The van der Waals surface area contributed by atoms with E-state index in [2.05, 4.69) is 6.08 Å². The molecule has 0 saturated heterocycles. The number of carbonyl (C=O) groups is 2. The summed E-state index contributed by atoms with van der Waals surface area (Å²) in [5.74, 6) is -0.125. The summed E-state index contributed by atoms with van der Waals surface area (Å²) in [5.41, 5.74) is 0.819. The van der Waals surface area contributed by atoms with Crippen molar-refractivity contribution in [1.82, 2.24) is 0 Å². The fourth-order valence-electron chi connectivity index (χ4n) is 3.04. The summed E-state index contributed by atoms with van der Waals surface area (Å²) in [6.45, 7) is 0. The Labute approximate surface area is 102 Å². The summed E-state index contributed by atoms with van der Waals surface area (Å²) in [7, 11) is 0. The van der Waals surface area contributed by atoms with Crippen molar-refractivity contribution < 1.29 is 14.7 Å². The van der Waals surface area contributed by atoms with Gasteiger partial charge in [0.15, 0.2) is 5.78 Å². The van der Waals surface area contributed by atoms with Gasteiger partial charge in [-0.15, -0.1) is 0 Å². The number of allylic oxidation sites excluding steroid dienone is 2. The highest BCUT2D eigenvalue weighted by Gasteiger charge is 2.30. The number of Topliss-reactive ketones (excluding diaryl/α,β-unsaturated/α-hetero) is 1. The summed E-state index contributed by atoms with van der Waals surface area (Å²) in [6, 6.07) is 0. The van der Waals surface area contributed by atoms with Crippen LogP contribution in [0, 0.1) is 11.8 Å². The molecule has 0 amide bonds. The van der Waals surface area contributed by atoms with E-state index >= 15 is 0 Å². The highest BCUT2D eigenvalue weighted by Crippen LogP contribution is 2.34. The fourth-order valence-corrected chi connectivity index (χ4v) is 3.04. The van der Waals surface area contributed by atoms with E-state index in [4.69, 9.17) is 5.11 Å². The molecule has 0 aromatic heterocycles. The van der Waals surface area contributed by atoms with Crippen molar-refractivity contribution in [3.8, 4) is 0 Å². The summed E-state index contributed by atoms with van der Waals surface area (Å²) < 4.78 is 0. The molecule has 0 bridgehead atoms. The number of carbonyl (C=O) groups excluding carboxylic acids is 1. The van der Waals surface area contributed by atoms with Crippen molar-refractivity contribution in [3.05, 3.63) is 11.6 Å². The smallest absolute Gasteiger partial charge is 0.303 e. The monoisotopic (exact) mass is 236 g/mol. The van der Waals surface area contributed by atoms with Crippen LogP contribution in [0.4, 0.5) is 0 Å². The Bertz CT molecular complexity index is 337. The van der Waals surface area contributed by atoms with Gasteiger partial charge in [0, 0.05) is 6.42 Å². The molecule has 2 aliphatic carbocycles. The van der Waals surface area contributed by atoms with Gasteiger partial charge in [0.05, 0.1) is 6.42 Å². The maximum Gasteiger partial charge on any atom is 0.303 e. The van der Waals surface area contributed by atoms with Crippen LogP contribution in [0.25, 0.3) is 0 Å². The molecule has 0 aliphatic heterocycles. The van der Waals surface area contributed by atoms with E-state index in [1.54, 1.807) is 0 Å². The molecule has 17 heavy (non-hydrogen) atoms. The SMILES string of the molecule is O=C(O)CC1CCC(=O)/C1=C/C1CCCCC1. The van der Waals surface area contributed by atoms with Crippen molar-refractivity contribution >= 4 is 11.8 Å². The molecule has 1 unspecified atom stereocenters. The molecular formula is C14H20O3. The van der Waals surface area contributed by atoms with E-state index in [-0.39, 0.29) is 18.1 Å². The first-order valence-corrected chi connectivity index (χ1v) is 6.63. The predicted octanol–water partition coefficient (Wildman–Crippen LogP) is 2.95. The molecule has 1 N–H and O–H groups in total. The van der Waals surface area contributed by atoms with Crippen LogP contribution in [0.15, 0.2) is 11.6 Å². The van der Waals surface area contributed by atoms with Crippen LogP contribution in [-0.2, 0) is 9.59 Å². The van der Waals surface area contributed by atoms with Gasteiger partial charge in [0.2, 0.25) is 0 Å². The maximum absolute atomic E-state index is 11.8. The molecule has 0 aromatic rings. The third-order valence-corrected chi connectivity index (χ3v) is 3.97. The van der Waals surface area contributed by atoms with E-state index < -0.39 is 5.97 Å². The van der Waals surface area contributed by atoms with Crippen molar-refractivity contribution in [2.75, 3.05) is 0 Å². The van der Waals surface area contributed by atoms with Gasteiger partial charge in [0.25, 0.3) is 0 Å². The molecule has 2 aliphatic rings. The lowest BCUT2D eigenvalue weighted by Crippen LogP contribution is -2.11. The van der Waals surface area contributed by atoms with E-state index in [1.165, 1.54) is 19.3 Å². The Morgan fingerprint density at radius 2 is 1.94 bits per heavy atom. The first kappa shape index (κ1) is 12.3. The lowest BCUT2D eigenvalue weighted by molar-refractivity contribution is -0.137. The van der Waals surface area contributed by atoms with E-state index in [9.17, 15) is 9.59 Å². The maximum atomic E-state index is 11.8. The van der Waals surface area contributed by atoms with Crippen LogP contribution < -0.4 is 0 Å². The Kier molecular flexibility index (Phi) is 3.97. The molecule has 94 valence electrons. The highest BCUT2D eigenvalue weighted by molar-refractivity contribution is 5.98. The molecule has 2 fully saturated rings. The molecule has 0 heterocycles. The standard InChI is InChI=1S/C14H20O3/c15-13-7-6-11(9-14(16)17)12(13)8-10-4-2-1-3-5-10/h8,10-11H,1-7,9H2,(H,16,17)/b12-8+. The predicted molar refractivity (Wildman–Crippen MR) is 64.6 cm³/mol. The second kappa shape index (κ2) is 5.48. The zero-order valence-electron chi connectivity index (χ0n) is 10.2. The van der Waals surface area contributed by atoms with Gasteiger partial charge in [-0.25, -0.2) is 0 Å². The average Bonchev–Trinajstić information content (AvgIpc) is 2.62. The number of hydrogen-bond donors (Lipinski definition) is 1. The largest absolute Gasteiger partial charge is 0.481 e. The zero-order chi connectivity index (χ0) is 12.3. The first-order chi connectivity index (χ1) is 8.16. The van der Waals surface area contributed by atoms with Gasteiger partial charge >= 0.3 is 5.97 Å². The molecule has 2 saturated carbocycles.